The van der Waals surface area contributed by atoms with Gasteiger partial charge in [-0.3, -0.25) is 0 Å². The maximum absolute atomic E-state index is 13.1. The maximum Gasteiger partial charge on any atom is 0.242 e. The molecule has 1 aromatic heterocycles. The van der Waals surface area contributed by atoms with Gasteiger partial charge < -0.3 is 10.5 Å². The number of hydrogen-bond donors (Lipinski definition) is 1. The zero-order valence-corrected chi connectivity index (χ0v) is 9.83. The summed E-state index contributed by atoms with van der Waals surface area (Å²) in [6.07, 6.45) is 1.43. The monoisotopic (exact) mass is 252 g/mol. The molecule has 0 aliphatic carbocycles. The van der Waals surface area contributed by atoms with Crippen molar-refractivity contribution in [3.05, 3.63) is 46.9 Å². The summed E-state index contributed by atoms with van der Waals surface area (Å²) in [4.78, 5) is 3.95. The normalized spacial score (nSPS) is 10.3. The van der Waals surface area contributed by atoms with Crippen molar-refractivity contribution in [2.24, 2.45) is 0 Å². The van der Waals surface area contributed by atoms with Crippen LogP contribution in [0, 0.1) is 12.7 Å². The van der Waals surface area contributed by atoms with E-state index in [-0.39, 0.29) is 11.7 Å². The summed E-state index contributed by atoms with van der Waals surface area (Å²) in [6, 6.07) is 5.96. The summed E-state index contributed by atoms with van der Waals surface area (Å²) in [5.41, 5.74) is 6.52. The van der Waals surface area contributed by atoms with E-state index in [4.69, 9.17) is 22.1 Å². The smallest absolute Gasteiger partial charge is 0.242 e. The molecule has 3 nitrogen and oxygen atoms in total. The zero-order chi connectivity index (χ0) is 12.4. The van der Waals surface area contributed by atoms with E-state index in [9.17, 15) is 4.39 Å². The number of nitrogen functional groups attached to an aromatic ring is 1. The number of halogens is 2. The van der Waals surface area contributed by atoms with Gasteiger partial charge in [0.05, 0.1) is 10.7 Å². The van der Waals surface area contributed by atoms with Gasteiger partial charge in [-0.05, 0) is 36.8 Å². The van der Waals surface area contributed by atoms with Crippen LogP contribution in [0.5, 0.6) is 11.6 Å². The van der Waals surface area contributed by atoms with Gasteiger partial charge >= 0.3 is 0 Å². The molecule has 2 aromatic rings. The molecule has 88 valence electrons. The van der Waals surface area contributed by atoms with Crippen LogP contribution in [0.1, 0.15) is 5.56 Å². The van der Waals surface area contributed by atoms with E-state index < -0.39 is 0 Å². The molecule has 17 heavy (non-hydrogen) atoms. The summed E-state index contributed by atoms with van der Waals surface area (Å²) in [7, 11) is 0. The van der Waals surface area contributed by atoms with Crippen molar-refractivity contribution >= 4 is 17.3 Å². The topological polar surface area (TPSA) is 48.1 Å². The minimum atomic E-state index is -0.283. The third kappa shape index (κ3) is 2.65. The fraction of sp³-hybridized carbons (Fsp3) is 0.0833. The first-order chi connectivity index (χ1) is 8.06. The number of nitrogens with two attached hydrogens (primary N) is 1. The molecule has 0 amide bonds. The Balaban J connectivity index is 2.28. The van der Waals surface area contributed by atoms with Gasteiger partial charge in [-0.15, -0.1) is 0 Å². The van der Waals surface area contributed by atoms with Crippen LogP contribution in [0.25, 0.3) is 0 Å². The van der Waals surface area contributed by atoms with Crippen molar-refractivity contribution in [1.29, 1.82) is 0 Å². The summed E-state index contributed by atoms with van der Waals surface area (Å²) in [5, 5.41) is 0.435. The van der Waals surface area contributed by atoms with Crippen molar-refractivity contribution < 1.29 is 9.13 Å². The van der Waals surface area contributed by atoms with Crippen LogP contribution in [-0.2, 0) is 0 Å². The Morgan fingerprint density at radius 1 is 1.35 bits per heavy atom. The second-order valence-corrected chi connectivity index (χ2v) is 4.00. The number of ether oxygens (including phenoxy) is 1. The van der Waals surface area contributed by atoms with Gasteiger partial charge in [0.15, 0.2) is 0 Å². The van der Waals surface area contributed by atoms with Crippen molar-refractivity contribution in [2.75, 3.05) is 5.73 Å². The highest BCUT2D eigenvalue weighted by molar-refractivity contribution is 6.30. The molecule has 0 bridgehead atoms. The maximum atomic E-state index is 13.1. The Hall–Kier alpha value is -1.81. The Labute approximate surface area is 103 Å². The second kappa shape index (κ2) is 4.59. The standard InChI is InChI=1S/C12H10ClFN2O/c1-7-4-9(2-3-10(7)14)17-12-11(15)5-8(13)6-16-12/h2-6H,15H2,1H3. The van der Waals surface area contributed by atoms with Crippen LogP contribution in [0.2, 0.25) is 5.02 Å². The molecule has 0 spiro atoms. The van der Waals surface area contributed by atoms with Gasteiger partial charge in [-0.25, -0.2) is 9.37 Å². The van der Waals surface area contributed by atoms with Gasteiger partial charge in [0, 0.05) is 6.20 Å². The predicted octanol–water partition coefficient (Wildman–Crippen LogP) is 3.56. The quantitative estimate of drug-likeness (QED) is 0.889. The van der Waals surface area contributed by atoms with E-state index in [1.807, 2.05) is 0 Å². The third-order valence-electron chi connectivity index (χ3n) is 2.19. The van der Waals surface area contributed by atoms with E-state index in [1.54, 1.807) is 19.1 Å². The van der Waals surface area contributed by atoms with Crippen LogP contribution >= 0.6 is 11.6 Å². The molecule has 2 rings (SSSR count). The van der Waals surface area contributed by atoms with Crippen molar-refractivity contribution in [3.63, 3.8) is 0 Å². The van der Waals surface area contributed by atoms with E-state index >= 15 is 0 Å². The van der Waals surface area contributed by atoms with Gasteiger partial charge in [0.1, 0.15) is 11.6 Å². The lowest BCUT2D eigenvalue weighted by Crippen LogP contribution is -1.95. The Morgan fingerprint density at radius 2 is 2.12 bits per heavy atom. The predicted molar refractivity (Wildman–Crippen MR) is 64.9 cm³/mol. The average Bonchev–Trinajstić information content (AvgIpc) is 2.27. The highest BCUT2D eigenvalue weighted by atomic mass is 35.5. The summed E-state index contributed by atoms with van der Waals surface area (Å²) < 4.78 is 18.5. The molecule has 1 aromatic carbocycles. The fourth-order valence-corrected chi connectivity index (χ4v) is 1.49. The lowest BCUT2D eigenvalue weighted by Gasteiger charge is -2.08. The highest BCUT2D eigenvalue weighted by Crippen LogP contribution is 2.27. The van der Waals surface area contributed by atoms with Crippen LogP contribution in [0.15, 0.2) is 30.5 Å². The van der Waals surface area contributed by atoms with Gasteiger partial charge in [0.2, 0.25) is 5.88 Å². The van der Waals surface area contributed by atoms with Crippen molar-refractivity contribution in [3.8, 4) is 11.6 Å². The minimum absolute atomic E-state index is 0.250. The molecule has 5 heteroatoms. The van der Waals surface area contributed by atoms with Crippen LogP contribution in [0.3, 0.4) is 0 Å². The van der Waals surface area contributed by atoms with E-state index in [0.717, 1.165) is 0 Å². The van der Waals surface area contributed by atoms with Crippen LogP contribution in [-0.4, -0.2) is 4.98 Å². The number of pyridine rings is 1. The molecule has 1 heterocycles. The molecule has 0 aliphatic rings. The first-order valence-corrected chi connectivity index (χ1v) is 5.29. The van der Waals surface area contributed by atoms with Crippen molar-refractivity contribution in [2.45, 2.75) is 6.92 Å². The molecule has 0 saturated carbocycles. The molecule has 0 saturated heterocycles. The number of benzene rings is 1. The molecular formula is C12H10ClFN2O. The summed E-state index contributed by atoms with van der Waals surface area (Å²) >= 11 is 5.72. The van der Waals surface area contributed by atoms with Gasteiger partial charge in [0.25, 0.3) is 0 Å². The zero-order valence-electron chi connectivity index (χ0n) is 9.08. The van der Waals surface area contributed by atoms with Gasteiger partial charge in [-0.2, -0.15) is 0 Å². The summed E-state index contributed by atoms with van der Waals surface area (Å²) in [6.45, 7) is 1.65. The van der Waals surface area contributed by atoms with Gasteiger partial charge in [-0.1, -0.05) is 11.6 Å². The van der Waals surface area contributed by atoms with E-state index in [2.05, 4.69) is 4.98 Å². The number of rotatable bonds is 2. The number of hydrogen-bond acceptors (Lipinski definition) is 3. The first kappa shape index (κ1) is 11.7. The Bertz CT molecular complexity index is 560. The minimum Gasteiger partial charge on any atom is -0.437 e. The number of nitrogens with zero attached hydrogens (tertiary/aromatic N) is 1. The molecule has 2 N–H and O–H groups in total. The third-order valence-corrected chi connectivity index (χ3v) is 2.40. The number of aromatic nitrogens is 1. The SMILES string of the molecule is Cc1cc(Oc2ncc(Cl)cc2N)ccc1F. The molecular weight excluding hydrogens is 243 g/mol. The fourth-order valence-electron chi connectivity index (χ4n) is 1.32. The molecule has 0 radical (unpaired) electrons. The molecule has 0 aliphatic heterocycles. The first-order valence-electron chi connectivity index (χ1n) is 4.91. The Kier molecular flexibility index (Phi) is 3.15. The van der Waals surface area contributed by atoms with E-state index in [0.29, 0.717) is 22.0 Å². The molecule has 0 atom stereocenters. The van der Waals surface area contributed by atoms with Crippen molar-refractivity contribution in [1.82, 2.24) is 4.98 Å². The summed E-state index contributed by atoms with van der Waals surface area (Å²) in [5.74, 6) is 0.445. The average molecular weight is 253 g/mol. The largest absolute Gasteiger partial charge is 0.437 e. The van der Waals surface area contributed by atoms with E-state index in [1.165, 1.54) is 18.3 Å². The number of anilines is 1. The highest BCUT2D eigenvalue weighted by Gasteiger charge is 2.06. The number of aryl methyl sites for hydroxylation is 1. The molecule has 0 unspecified atom stereocenters. The molecule has 0 fully saturated rings. The van der Waals surface area contributed by atoms with Crippen LogP contribution in [0.4, 0.5) is 10.1 Å². The lowest BCUT2D eigenvalue weighted by molar-refractivity contribution is 0.463. The second-order valence-electron chi connectivity index (χ2n) is 3.56. The Morgan fingerprint density at radius 3 is 2.76 bits per heavy atom. The van der Waals surface area contributed by atoms with Crippen LogP contribution < -0.4 is 10.5 Å². The lowest BCUT2D eigenvalue weighted by atomic mass is 10.2.